The number of para-hydroxylation sites is 1. The molecule has 2 aromatic rings. The number of rotatable bonds is 4. The van der Waals surface area contributed by atoms with E-state index in [4.69, 9.17) is 4.74 Å². The Morgan fingerprint density at radius 3 is 2.17 bits per heavy atom. The van der Waals surface area contributed by atoms with Crippen LogP contribution >= 0.6 is 0 Å². The van der Waals surface area contributed by atoms with Crippen LogP contribution in [0.5, 0.6) is 5.75 Å². The second-order valence-corrected chi connectivity index (χ2v) is 4.13. The summed E-state index contributed by atoms with van der Waals surface area (Å²) in [7, 11) is 1.64. The Bertz CT molecular complexity index is 482. The van der Waals surface area contributed by atoms with Crippen LogP contribution in [0.3, 0.4) is 0 Å². The minimum absolute atomic E-state index is 0.113. The van der Waals surface area contributed by atoms with Crippen LogP contribution in [-0.4, -0.2) is 12.3 Å². The van der Waals surface area contributed by atoms with E-state index in [9.17, 15) is 5.21 Å². The van der Waals surface area contributed by atoms with Crippen molar-refractivity contribution in [2.24, 2.45) is 0 Å². The monoisotopic (exact) mass is 243 g/mol. The van der Waals surface area contributed by atoms with Gasteiger partial charge in [-0.25, -0.2) is 5.06 Å². The number of methoxy groups -OCH3 is 1. The lowest BCUT2D eigenvalue weighted by atomic mass is 10.1. The Balaban J connectivity index is 2.17. The first-order valence-corrected chi connectivity index (χ1v) is 5.89. The molecule has 1 atom stereocenters. The molecule has 0 aliphatic carbocycles. The van der Waals surface area contributed by atoms with Gasteiger partial charge in [0.15, 0.2) is 0 Å². The second kappa shape index (κ2) is 5.56. The maximum absolute atomic E-state index is 10.2. The summed E-state index contributed by atoms with van der Waals surface area (Å²) in [5, 5.41) is 11.4. The number of benzene rings is 2. The highest BCUT2D eigenvalue weighted by Crippen LogP contribution is 2.25. The molecule has 0 heterocycles. The average molecular weight is 243 g/mol. The van der Waals surface area contributed by atoms with Gasteiger partial charge in [-0.2, -0.15) is 0 Å². The van der Waals surface area contributed by atoms with Gasteiger partial charge in [-0.15, -0.1) is 0 Å². The third-order valence-electron chi connectivity index (χ3n) is 2.99. The Hall–Kier alpha value is -2.00. The number of nitrogens with zero attached hydrogens (tertiary/aromatic N) is 1. The molecule has 0 radical (unpaired) electrons. The molecule has 0 spiro atoms. The van der Waals surface area contributed by atoms with Crippen molar-refractivity contribution in [1.29, 1.82) is 0 Å². The van der Waals surface area contributed by atoms with E-state index in [1.54, 1.807) is 7.11 Å². The third-order valence-corrected chi connectivity index (χ3v) is 2.99. The van der Waals surface area contributed by atoms with E-state index in [0.29, 0.717) is 0 Å². The van der Waals surface area contributed by atoms with E-state index in [1.807, 2.05) is 61.5 Å². The Morgan fingerprint density at radius 1 is 1.00 bits per heavy atom. The van der Waals surface area contributed by atoms with Crippen molar-refractivity contribution in [3.63, 3.8) is 0 Å². The van der Waals surface area contributed by atoms with Gasteiger partial charge in [-0.3, -0.25) is 5.21 Å². The minimum atomic E-state index is -0.113. The van der Waals surface area contributed by atoms with Gasteiger partial charge in [0, 0.05) is 0 Å². The molecule has 1 N–H and O–H groups in total. The summed E-state index contributed by atoms with van der Waals surface area (Å²) >= 11 is 0. The molecule has 1 unspecified atom stereocenters. The summed E-state index contributed by atoms with van der Waals surface area (Å²) < 4.78 is 5.12. The van der Waals surface area contributed by atoms with E-state index in [2.05, 4.69) is 0 Å². The fraction of sp³-hybridized carbons (Fsp3) is 0.200. The molecule has 0 fully saturated rings. The molecular formula is C15H17NO2. The number of hydrogen-bond donors (Lipinski definition) is 1. The maximum atomic E-state index is 10.2. The molecule has 2 rings (SSSR count). The van der Waals surface area contributed by atoms with Crippen LogP contribution in [-0.2, 0) is 0 Å². The first-order chi connectivity index (χ1) is 8.72. The van der Waals surface area contributed by atoms with Crippen molar-refractivity contribution < 1.29 is 9.94 Å². The Labute approximate surface area is 107 Å². The van der Waals surface area contributed by atoms with E-state index in [-0.39, 0.29) is 6.04 Å². The highest BCUT2D eigenvalue weighted by Gasteiger charge is 2.13. The highest BCUT2D eigenvalue weighted by atomic mass is 16.5. The predicted octanol–water partition coefficient (Wildman–Crippen LogP) is 3.65. The average Bonchev–Trinajstić information content (AvgIpc) is 2.47. The Morgan fingerprint density at radius 2 is 1.61 bits per heavy atom. The first kappa shape index (κ1) is 12.5. The molecule has 18 heavy (non-hydrogen) atoms. The number of ether oxygens (including phenoxy) is 1. The fourth-order valence-electron chi connectivity index (χ4n) is 1.83. The van der Waals surface area contributed by atoms with Crippen LogP contribution in [0, 0.1) is 0 Å². The molecule has 3 heteroatoms. The molecule has 2 aromatic carbocycles. The van der Waals surface area contributed by atoms with E-state index >= 15 is 0 Å². The smallest absolute Gasteiger partial charge is 0.118 e. The van der Waals surface area contributed by atoms with Crippen molar-refractivity contribution in [3.8, 4) is 5.75 Å². The second-order valence-electron chi connectivity index (χ2n) is 4.13. The van der Waals surface area contributed by atoms with Gasteiger partial charge in [-0.05, 0) is 36.8 Å². The van der Waals surface area contributed by atoms with Gasteiger partial charge in [0.1, 0.15) is 5.75 Å². The third kappa shape index (κ3) is 2.63. The quantitative estimate of drug-likeness (QED) is 0.832. The summed E-state index contributed by atoms with van der Waals surface area (Å²) in [6.07, 6.45) is 0. The lowest BCUT2D eigenvalue weighted by Crippen LogP contribution is -2.22. The van der Waals surface area contributed by atoms with Gasteiger partial charge in [-0.1, -0.05) is 30.3 Å². The normalized spacial score (nSPS) is 11.9. The lowest BCUT2D eigenvalue weighted by molar-refractivity contribution is 0.223. The highest BCUT2D eigenvalue weighted by molar-refractivity contribution is 5.45. The van der Waals surface area contributed by atoms with Gasteiger partial charge in [0.2, 0.25) is 0 Å². The molecular weight excluding hydrogens is 226 g/mol. The summed E-state index contributed by atoms with van der Waals surface area (Å²) in [6.45, 7) is 1.95. The molecule has 94 valence electrons. The number of hydrogen-bond acceptors (Lipinski definition) is 3. The van der Waals surface area contributed by atoms with Gasteiger partial charge >= 0.3 is 0 Å². The standard InChI is InChI=1S/C15H17NO2/c1-12(13-8-10-15(18-2)11-9-13)16(17)14-6-4-3-5-7-14/h3-12,17H,1-2H3. The zero-order valence-electron chi connectivity index (χ0n) is 10.6. The molecule has 0 saturated carbocycles. The van der Waals surface area contributed by atoms with Crippen molar-refractivity contribution >= 4 is 5.69 Å². The molecule has 0 saturated heterocycles. The van der Waals surface area contributed by atoms with E-state index < -0.39 is 0 Å². The maximum Gasteiger partial charge on any atom is 0.118 e. The van der Waals surface area contributed by atoms with Crippen LogP contribution in [0.2, 0.25) is 0 Å². The predicted molar refractivity (Wildman–Crippen MR) is 72.1 cm³/mol. The molecule has 0 aliphatic heterocycles. The van der Waals surface area contributed by atoms with Crippen LogP contribution < -0.4 is 9.80 Å². The van der Waals surface area contributed by atoms with Crippen molar-refractivity contribution in [2.75, 3.05) is 12.2 Å². The van der Waals surface area contributed by atoms with Crippen LogP contribution in [0.25, 0.3) is 0 Å². The van der Waals surface area contributed by atoms with Crippen molar-refractivity contribution in [1.82, 2.24) is 0 Å². The fourth-order valence-corrected chi connectivity index (χ4v) is 1.83. The van der Waals surface area contributed by atoms with Crippen molar-refractivity contribution in [3.05, 3.63) is 60.2 Å². The van der Waals surface area contributed by atoms with Crippen LogP contribution in [0.4, 0.5) is 5.69 Å². The summed E-state index contributed by atoms with van der Waals surface area (Å²) in [5.41, 5.74) is 1.81. The van der Waals surface area contributed by atoms with E-state index in [0.717, 1.165) is 17.0 Å². The van der Waals surface area contributed by atoms with Crippen LogP contribution in [0.15, 0.2) is 54.6 Å². The molecule has 0 aliphatic rings. The zero-order valence-corrected chi connectivity index (χ0v) is 10.6. The van der Waals surface area contributed by atoms with Gasteiger partial charge < -0.3 is 4.74 Å². The largest absolute Gasteiger partial charge is 0.497 e. The summed E-state index contributed by atoms with van der Waals surface area (Å²) in [5.74, 6) is 0.815. The number of hydroxylamine groups is 1. The number of anilines is 1. The zero-order chi connectivity index (χ0) is 13.0. The van der Waals surface area contributed by atoms with Crippen LogP contribution in [0.1, 0.15) is 18.5 Å². The van der Waals surface area contributed by atoms with Gasteiger partial charge in [0.25, 0.3) is 0 Å². The summed E-state index contributed by atoms with van der Waals surface area (Å²) in [6, 6.07) is 17.1. The SMILES string of the molecule is COc1ccc(C(C)N(O)c2ccccc2)cc1. The summed E-state index contributed by atoms with van der Waals surface area (Å²) in [4.78, 5) is 0. The molecule has 0 aromatic heterocycles. The lowest BCUT2D eigenvalue weighted by Gasteiger charge is -2.25. The molecule has 0 amide bonds. The molecule has 3 nitrogen and oxygen atoms in total. The Kier molecular flexibility index (Phi) is 3.85. The first-order valence-electron chi connectivity index (χ1n) is 5.89. The van der Waals surface area contributed by atoms with E-state index in [1.165, 1.54) is 5.06 Å². The molecule has 0 bridgehead atoms. The van der Waals surface area contributed by atoms with Gasteiger partial charge in [0.05, 0.1) is 18.8 Å². The topological polar surface area (TPSA) is 32.7 Å². The van der Waals surface area contributed by atoms with Crippen molar-refractivity contribution in [2.45, 2.75) is 13.0 Å². The minimum Gasteiger partial charge on any atom is -0.497 e.